The van der Waals surface area contributed by atoms with Crippen LogP contribution < -0.4 is 10.4 Å². The molecule has 1 amide bonds. The van der Waals surface area contributed by atoms with Gasteiger partial charge in [0.25, 0.3) is 0 Å². The summed E-state index contributed by atoms with van der Waals surface area (Å²) in [6.45, 7) is 7.62. The van der Waals surface area contributed by atoms with Crippen LogP contribution in [-0.4, -0.2) is 30.6 Å². The summed E-state index contributed by atoms with van der Waals surface area (Å²) in [6, 6.07) is 8.64. The van der Waals surface area contributed by atoms with E-state index in [2.05, 4.69) is 50.4 Å². The fraction of sp³-hybridized carbons (Fsp3) is 0.619. The van der Waals surface area contributed by atoms with Gasteiger partial charge in [-0.3, -0.25) is 4.79 Å². The van der Waals surface area contributed by atoms with Gasteiger partial charge in [-0.25, -0.2) is 0 Å². The Kier molecular flexibility index (Phi) is 6.81. The lowest BCUT2D eigenvalue weighted by Gasteiger charge is -2.47. The molecule has 0 bridgehead atoms. The number of ether oxygens (including phenoxy) is 1. The molecular weight excluding hydrogens is 330 g/mol. The number of carbonyl (C=O) groups excluding carboxylic acids is 2. The summed E-state index contributed by atoms with van der Waals surface area (Å²) in [7, 11) is 0. The minimum atomic E-state index is -1.19. The van der Waals surface area contributed by atoms with Crippen molar-refractivity contribution in [3.63, 3.8) is 0 Å². The second-order valence-corrected chi connectivity index (χ2v) is 7.70. The lowest BCUT2D eigenvalue weighted by molar-refractivity contribution is -0.305. The number of rotatable bonds is 8. The number of nitrogens with one attached hydrogen (secondary N) is 1. The van der Waals surface area contributed by atoms with Crippen molar-refractivity contribution in [2.24, 2.45) is 0 Å². The van der Waals surface area contributed by atoms with Crippen LogP contribution in [0.1, 0.15) is 63.5 Å². The molecule has 1 heterocycles. The van der Waals surface area contributed by atoms with Crippen molar-refractivity contribution < 1.29 is 19.4 Å². The topological polar surface area (TPSA) is 78.5 Å². The molecule has 1 aliphatic heterocycles. The Balaban J connectivity index is 2.10. The molecule has 0 aliphatic carbocycles. The van der Waals surface area contributed by atoms with Crippen molar-refractivity contribution in [3.8, 4) is 0 Å². The van der Waals surface area contributed by atoms with Gasteiger partial charge in [0.05, 0.1) is 5.60 Å². The van der Waals surface area contributed by atoms with E-state index in [-0.39, 0.29) is 29.8 Å². The summed E-state index contributed by atoms with van der Waals surface area (Å²) >= 11 is 0. The highest BCUT2D eigenvalue weighted by Gasteiger charge is 2.43. The van der Waals surface area contributed by atoms with Crippen LogP contribution in [0.5, 0.6) is 0 Å². The number of hydrogen-bond acceptors (Lipinski definition) is 4. The highest BCUT2D eigenvalue weighted by Crippen LogP contribution is 2.45. The van der Waals surface area contributed by atoms with Crippen LogP contribution in [0.3, 0.4) is 0 Å². The van der Waals surface area contributed by atoms with Gasteiger partial charge in [0.15, 0.2) is 0 Å². The summed E-state index contributed by atoms with van der Waals surface area (Å²) in [5, 5.41) is 13.4. The number of carboxylic acid groups (broad SMARTS) is 1. The Morgan fingerprint density at radius 3 is 2.54 bits per heavy atom. The molecule has 0 spiro atoms. The Bertz CT molecular complexity index is 627. The van der Waals surface area contributed by atoms with Crippen LogP contribution in [0.2, 0.25) is 0 Å². The molecule has 1 saturated heterocycles. The quantitative estimate of drug-likeness (QED) is 0.771. The molecule has 1 aliphatic rings. The molecule has 1 aromatic carbocycles. The van der Waals surface area contributed by atoms with E-state index in [9.17, 15) is 14.7 Å². The van der Waals surface area contributed by atoms with Crippen LogP contribution in [-0.2, 0) is 19.7 Å². The van der Waals surface area contributed by atoms with E-state index in [1.807, 2.05) is 0 Å². The zero-order valence-corrected chi connectivity index (χ0v) is 16.1. The third-order valence-electron chi connectivity index (χ3n) is 5.64. The second-order valence-electron chi connectivity index (χ2n) is 7.70. The number of carboxylic acids is 1. The van der Waals surface area contributed by atoms with E-state index in [0.29, 0.717) is 13.2 Å². The number of benzene rings is 1. The molecule has 1 N–H and O–H groups in total. The van der Waals surface area contributed by atoms with E-state index in [4.69, 9.17) is 4.74 Å². The third kappa shape index (κ3) is 5.31. The van der Waals surface area contributed by atoms with E-state index in [1.54, 1.807) is 0 Å². The van der Waals surface area contributed by atoms with Crippen LogP contribution in [0.4, 0.5) is 0 Å². The zero-order valence-electron chi connectivity index (χ0n) is 16.1. The molecule has 0 aromatic heterocycles. The number of aryl methyl sites for hydroxylation is 1. The van der Waals surface area contributed by atoms with E-state index < -0.39 is 5.97 Å². The molecule has 2 atom stereocenters. The van der Waals surface area contributed by atoms with Gasteiger partial charge in [-0.2, -0.15) is 0 Å². The Labute approximate surface area is 156 Å². The van der Waals surface area contributed by atoms with Gasteiger partial charge < -0.3 is 20.0 Å². The third-order valence-corrected chi connectivity index (χ3v) is 5.64. The molecule has 1 aromatic rings. The fourth-order valence-corrected chi connectivity index (χ4v) is 3.83. The lowest BCUT2D eigenvalue weighted by atomic mass is 9.66. The van der Waals surface area contributed by atoms with Crippen molar-refractivity contribution in [1.82, 2.24) is 5.32 Å². The Morgan fingerprint density at radius 2 is 1.92 bits per heavy atom. The first-order chi connectivity index (χ1) is 12.3. The zero-order chi connectivity index (χ0) is 19.2. The molecular formula is C21H30NO4-. The van der Waals surface area contributed by atoms with Crippen molar-refractivity contribution >= 4 is 11.9 Å². The van der Waals surface area contributed by atoms with Gasteiger partial charge in [0.2, 0.25) is 5.91 Å². The molecule has 0 unspecified atom stereocenters. The number of hydrogen-bond donors (Lipinski definition) is 1. The normalized spacial score (nSPS) is 25.7. The van der Waals surface area contributed by atoms with Gasteiger partial charge in [-0.1, -0.05) is 36.8 Å². The first-order valence-electron chi connectivity index (χ1n) is 9.46. The molecule has 0 radical (unpaired) electrons. The SMILES string of the molecule is CC[C@@]1(C)C[C@](CCNC(=O)CCC(=O)[O-])(c2ccc(C)cc2)CCO1. The summed E-state index contributed by atoms with van der Waals surface area (Å²) in [5.74, 6) is -1.43. The summed E-state index contributed by atoms with van der Waals surface area (Å²) in [4.78, 5) is 22.3. The summed E-state index contributed by atoms with van der Waals surface area (Å²) in [6.07, 6.45) is 3.31. The van der Waals surface area contributed by atoms with Crippen LogP contribution in [0.15, 0.2) is 24.3 Å². The minimum Gasteiger partial charge on any atom is -0.550 e. The lowest BCUT2D eigenvalue weighted by Crippen LogP contribution is -2.47. The predicted molar refractivity (Wildman–Crippen MR) is 98.6 cm³/mol. The van der Waals surface area contributed by atoms with Crippen LogP contribution in [0.25, 0.3) is 0 Å². The average Bonchev–Trinajstić information content (AvgIpc) is 2.60. The smallest absolute Gasteiger partial charge is 0.220 e. The molecule has 2 rings (SSSR count). The van der Waals surface area contributed by atoms with Crippen LogP contribution >= 0.6 is 0 Å². The molecule has 1 fully saturated rings. The van der Waals surface area contributed by atoms with Gasteiger partial charge in [-0.05, 0) is 51.5 Å². The minimum absolute atomic E-state index is 0.0321. The van der Waals surface area contributed by atoms with Crippen LogP contribution in [0, 0.1) is 6.92 Å². The molecule has 0 saturated carbocycles. The summed E-state index contributed by atoms with van der Waals surface area (Å²) < 4.78 is 6.05. The maximum atomic E-state index is 11.8. The standard InChI is InChI=1S/C21H31NO4/c1-4-20(3)15-21(12-14-26-20,17-7-5-16(2)6-8-17)11-13-22-18(23)9-10-19(24)25/h5-8H,4,9-15H2,1-3H3,(H,22,23)(H,24,25)/p-1/t20-,21+/m0/s1. The largest absolute Gasteiger partial charge is 0.550 e. The number of aliphatic carboxylic acids is 1. The molecule has 5 heteroatoms. The van der Waals surface area contributed by atoms with Crippen molar-refractivity contribution in [2.45, 2.75) is 70.3 Å². The first kappa shape index (κ1) is 20.4. The molecule has 144 valence electrons. The fourth-order valence-electron chi connectivity index (χ4n) is 3.83. The monoisotopic (exact) mass is 360 g/mol. The highest BCUT2D eigenvalue weighted by molar-refractivity contribution is 5.79. The van der Waals surface area contributed by atoms with Gasteiger partial charge in [0.1, 0.15) is 0 Å². The number of carbonyl (C=O) groups is 2. The van der Waals surface area contributed by atoms with Gasteiger partial charge >= 0.3 is 0 Å². The maximum absolute atomic E-state index is 11.8. The van der Waals surface area contributed by atoms with Gasteiger partial charge in [0, 0.05) is 31.0 Å². The first-order valence-corrected chi connectivity index (χ1v) is 9.46. The van der Waals surface area contributed by atoms with Crippen molar-refractivity contribution in [1.29, 1.82) is 0 Å². The van der Waals surface area contributed by atoms with E-state index >= 15 is 0 Å². The molecule has 5 nitrogen and oxygen atoms in total. The predicted octanol–water partition coefficient (Wildman–Crippen LogP) is 2.25. The Morgan fingerprint density at radius 1 is 1.23 bits per heavy atom. The Hall–Kier alpha value is -1.88. The highest BCUT2D eigenvalue weighted by atomic mass is 16.5. The summed E-state index contributed by atoms with van der Waals surface area (Å²) in [5.41, 5.74) is 2.31. The van der Waals surface area contributed by atoms with Crippen molar-refractivity contribution in [2.75, 3.05) is 13.2 Å². The maximum Gasteiger partial charge on any atom is 0.220 e. The van der Waals surface area contributed by atoms with E-state index in [1.165, 1.54) is 11.1 Å². The second kappa shape index (κ2) is 8.67. The van der Waals surface area contributed by atoms with Crippen molar-refractivity contribution in [3.05, 3.63) is 35.4 Å². The van der Waals surface area contributed by atoms with E-state index in [0.717, 1.165) is 25.7 Å². The number of amides is 1. The average molecular weight is 360 g/mol. The molecule has 26 heavy (non-hydrogen) atoms. The van der Waals surface area contributed by atoms with Gasteiger partial charge in [-0.15, -0.1) is 0 Å².